The highest BCUT2D eigenvalue weighted by Crippen LogP contribution is 2.23. The van der Waals surface area contributed by atoms with Gasteiger partial charge in [0.25, 0.3) is 0 Å². The standard InChI is InChI=1S/C11H14ClNO2.C7H6ClNO2.B51/c1-7-5-8(6-9(12)13-7)10(14)15-11(2,3)4;1-4-2-5(7(10)11)3-6(8)9-4;1-27-40(26)47(41(28(2)3)29(4)5)50(46(38(22)23)39(24)25)51(48(42(30(6)7)31(8)9)43(32(10)11)33(12)13)49(44(34(14)15)35(16)17)45(36(18)19)37(20)21/h5-6H,1-4H3;2-3H,1H3,(H,10,11);. The molecule has 0 amide bonds. The molecule has 0 aliphatic rings. The van der Waals surface area contributed by atoms with Crippen LogP contribution in [0, 0.1) is 13.8 Å². The second-order valence-electron chi connectivity index (χ2n) is 20.5. The molecule has 2 aromatic rings. The smallest absolute Gasteiger partial charge is 0.338 e. The first-order chi connectivity index (χ1) is 35.1. The minimum atomic E-state index is -1.36. The van der Waals surface area contributed by atoms with Gasteiger partial charge in [-0.15, -0.1) is 0 Å². The summed E-state index contributed by atoms with van der Waals surface area (Å²) in [6.07, 6.45) is -30.7. The number of pyridine rings is 2. The number of rotatable bonds is 26. The van der Waals surface area contributed by atoms with Crippen molar-refractivity contribution in [1.29, 1.82) is 0 Å². The Bertz CT molecular complexity index is 1880. The number of carbonyl (C=O) groups excluding carboxylic acids is 1. The summed E-state index contributed by atoms with van der Waals surface area (Å²) in [6.45, 7) is 8.93. The number of aryl methyl sites for hydroxylation is 2. The van der Waals surface area contributed by atoms with Gasteiger partial charge in [0, 0.05) is 373 Å². The van der Waals surface area contributed by atoms with Crippen LogP contribution in [0.2, 0.25) is 10.3 Å². The number of halogens is 2. The lowest BCUT2D eigenvalue weighted by Gasteiger charge is -2.57. The van der Waals surface area contributed by atoms with Gasteiger partial charge in [-0.3, -0.25) is 0 Å². The molecule has 0 saturated carbocycles. The van der Waals surface area contributed by atoms with E-state index in [0.29, 0.717) is 22.1 Å². The Balaban J connectivity index is 0.00000177. The zero-order valence-electron chi connectivity index (χ0n) is 44.6. The van der Waals surface area contributed by atoms with Gasteiger partial charge in [0.05, 0.1) is 11.1 Å². The van der Waals surface area contributed by atoms with Crippen molar-refractivity contribution in [3.8, 4) is 0 Å². The van der Waals surface area contributed by atoms with Crippen LogP contribution in [0.15, 0.2) is 24.3 Å². The third-order valence-corrected chi connectivity index (χ3v) is 13.6. The summed E-state index contributed by atoms with van der Waals surface area (Å²) in [5.41, 5.74) is 1.41. The molecular formula is C18H20B51Cl2N2O4. The molecule has 1 N–H and O–H groups in total. The van der Waals surface area contributed by atoms with E-state index in [-0.39, 0.29) is 16.7 Å². The summed E-state index contributed by atoms with van der Waals surface area (Å²) in [5.74, 6) is -1.37. The molecule has 0 atom stereocenters. The molecule has 0 bridgehead atoms. The van der Waals surface area contributed by atoms with Crippen molar-refractivity contribution in [1.82, 2.24) is 9.97 Å². The monoisotopic (exact) mass is 960 g/mol. The molecule has 53 radical (unpaired) electrons. The normalized spacial score (nSPS) is 9.96. The highest BCUT2D eigenvalue weighted by molar-refractivity contribution is 8.35. The van der Waals surface area contributed by atoms with Crippen molar-refractivity contribution in [2.75, 3.05) is 0 Å². The molecule has 0 spiro atoms. The SMILES string of the molecule is Cc1cc(C(=O)O)cc(Cl)n1.Cc1cc(C(=O)OC(C)(C)C)cc(Cl)n1.[B][B]B([B])B(B(B([B])[B])B([B])[B])B(B(B([B])[B])B([B])[B])B(B(B(B([B])[B])B([B])[B])B(B([B])[B])B([B])[B])B(B(B([B])[B])B([B])[B])B(B([B])[B])B([B])[B]. The van der Waals surface area contributed by atoms with Crippen LogP contribution in [0.3, 0.4) is 0 Å². The molecule has 6 nitrogen and oxygen atoms in total. The van der Waals surface area contributed by atoms with Gasteiger partial charge in [-0.1, -0.05) is 23.2 Å². The number of aromatic carboxylic acids is 1. The summed E-state index contributed by atoms with van der Waals surface area (Å²) in [4.78, 5) is 29.9. The van der Waals surface area contributed by atoms with Crippen LogP contribution >= 0.6 is 23.2 Å². The quantitative estimate of drug-likeness (QED) is 0.0574. The van der Waals surface area contributed by atoms with Gasteiger partial charge >= 0.3 is 11.9 Å². The fourth-order valence-corrected chi connectivity index (χ4v) is 10.9. The molecule has 0 saturated heterocycles. The first kappa shape index (κ1) is 78.1. The van der Waals surface area contributed by atoms with E-state index in [4.69, 9.17) is 234 Å². The molecule has 0 aliphatic heterocycles. The minimum Gasteiger partial charge on any atom is -0.478 e. The van der Waals surface area contributed by atoms with Crippen molar-refractivity contribution >= 4 is 397 Å². The maximum absolute atomic E-state index is 11.7. The number of ether oxygens (including phenoxy) is 1. The summed E-state index contributed by atoms with van der Waals surface area (Å²) >= 11 is 11.3. The van der Waals surface area contributed by atoms with Gasteiger partial charge < -0.3 is 9.84 Å². The molecule has 2 aromatic heterocycles. The van der Waals surface area contributed by atoms with E-state index in [1.165, 1.54) is 18.2 Å². The predicted molar refractivity (Wildman–Crippen MR) is 394 cm³/mol. The zero-order chi connectivity index (χ0) is 60.6. The Labute approximate surface area is 519 Å². The lowest BCUT2D eigenvalue weighted by Crippen LogP contribution is -2.95. The highest BCUT2D eigenvalue weighted by atomic mass is 35.5. The first-order valence-electron chi connectivity index (χ1n) is 24.3. The van der Waals surface area contributed by atoms with E-state index < -0.39 is 165 Å². The van der Waals surface area contributed by atoms with Crippen molar-refractivity contribution in [2.24, 2.45) is 0 Å². The molecule has 77 heavy (non-hydrogen) atoms. The molecule has 0 fully saturated rings. The number of carboxylic acids is 1. The van der Waals surface area contributed by atoms with E-state index in [9.17, 15) is 9.59 Å². The Kier molecular flexibility index (Phi) is 36.7. The molecule has 2 rings (SSSR count). The fraction of sp³-hybridized carbons (Fsp3) is 0.333. The Hall–Kier alpha value is 1.13. The fourth-order valence-electron chi connectivity index (χ4n) is 10.4. The number of nitrogens with zero attached hydrogens (tertiary/aromatic N) is 2. The molecule has 0 unspecified atom stereocenters. The molecule has 0 aromatic carbocycles. The van der Waals surface area contributed by atoms with Crippen LogP contribution < -0.4 is 0 Å². The Morgan fingerprint density at radius 2 is 0.649 bits per heavy atom. The largest absolute Gasteiger partial charge is 0.478 e. The van der Waals surface area contributed by atoms with Crippen LogP contribution in [0.25, 0.3) is 0 Å². The van der Waals surface area contributed by atoms with E-state index in [1.54, 1.807) is 19.9 Å². The average Bonchev–Trinajstić information content (AvgIpc) is 3.22. The summed E-state index contributed by atoms with van der Waals surface area (Å²) in [5, 5.41) is 9.06. The lowest BCUT2D eigenvalue weighted by molar-refractivity contribution is 0.00689. The number of carbonyl (C=O) groups is 2. The predicted octanol–water partition coefficient (Wildman–Crippen LogP) is -14.7. The van der Waals surface area contributed by atoms with Crippen molar-refractivity contribution in [2.45, 2.75) is 40.2 Å². The zero-order valence-corrected chi connectivity index (χ0v) is 46.1. The summed E-state index contributed by atoms with van der Waals surface area (Å²) in [6, 6.07) is 5.94. The van der Waals surface area contributed by atoms with Crippen molar-refractivity contribution in [3.05, 3.63) is 57.1 Å². The van der Waals surface area contributed by atoms with Gasteiger partial charge in [-0.2, -0.15) is 0 Å². The second-order valence-corrected chi connectivity index (χ2v) is 21.3. The third-order valence-electron chi connectivity index (χ3n) is 13.2. The van der Waals surface area contributed by atoms with Crippen LogP contribution in [0.5, 0.6) is 0 Å². The highest BCUT2D eigenvalue weighted by Gasteiger charge is 2.60. The molecular weight excluding hydrogens is 931 g/mol. The molecule has 293 valence electrons. The van der Waals surface area contributed by atoms with Gasteiger partial charge in [0.1, 0.15) is 15.9 Å². The van der Waals surface area contributed by atoms with Crippen LogP contribution in [-0.4, -0.2) is 394 Å². The van der Waals surface area contributed by atoms with Crippen LogP contribution in [0.1, 0.15) is 52.9 Å². The lowest BCUT2D eigenvalue weighted by atomic mass is 8.24. The number of hydrogen-bond donors (Lipinski definition) is 1. The number of aromatic nitrogens is 2. The van der Waals surface area contributed by atoms with Crippen molar-refractivity contribution < 1.29 is 19.4 Å². The number of esters is 1. The summed E-state index contributed by atoms with van der Waals surface area (Å²) in [7, 11) is 169. The van der Waals surface area contributed by atoms with Gasteiger partial charge in [-0.05, 0) is 58.9 Å². The Morgan fingerprint density at radius 3 is 0.870 bits per heavy atom. The van der Waals surface area contributed by atoms with Crippen molar-refractivity contribution in [3.63, 3.8) is 0 Å². The van der Waals surface area contributed by atoms with E-state index in [1.807, 2.05) is 20.8 Å². The maximum atomic E-state index is 11.7. The number of hydrogen-bond acceptors (Lipinski definition) is 5. The average molecular weight is 951 g/mol. The van der Waals surface area contributed by atoms with Crippen LogP contribution in [0.4, 0.5) is 0 Å². The topological polar surface area (TPSA) is 89.4 Å². The second kappa shape index (κ2) is 36.2. The van der Waals surface area contributed by atoms with Gasteiger partial charge in [0.2, 0.25) is 0 Å². The van der Waals surface area contributed by atoms with Gasteiger partial charge in [0.15, 0.2) is 0 Å². The van der Waals surface area contributed by atoms with Crippen LogP contribution in [-0.2, 0) is 4.74 Å². The molecule has 0 aliphatic carbocycles. The molecule has 59 heteroatoms. The minimum absolute atomic E-state index is 0.169. The van der Waals surface area contributed by atoms with Gasteiger partial charge in [-0.25, -0.2) is 19.6 Å². The van der Waals surface area contributed by atoms with E-state index in [2.05, 4.69) is 9.97 Å². The summed E-state index contributed by atoms with van der Waals surface area (Å²) < 4.78 is 5.21. The third kappa shape index (κ3) is 24.9. The molecule has 2 heterocycles. The van der Waals surface area contributed by atoms with E-state index in [0.717, 1.165) is 7.06 Å². The first-order valence-corrected chi connectivity index (χ1v) is 25.0. The number of carboxylic acid groups (broad SMARTS) is 1. The van der Waals surface area contributed by atoms with E-state index >= 15 is 0 Å². The maximum Gasteiger partial charge on any atom is 0.338 e. The Morgan fingerprint density at radius 1 is 0.429 bits per heavy atom.